The lowest BCUT2D eigenvalue weighted by Crippen LogP contribution is -2.03. The van der Waals surface area contributed by atoms with Gasteiger partial charge >= 0.3 is 0 Å². The summed E-state index contributed by atoms with van der Waals surface area (Å²) in [5, 5.41) is 8.55. The maximum absolute atomic E-state index is 8.55. The van der Waals surface area contributed by atoms with Gasteiger partial charge in [-0.3, -0.25) is 0 Å². The van der Waals surface area contributed by atoms with Crippen LogP contribution in [-0.4, -0.2) is 11.2 Å². The molecule has 86 valence electrons. The molecule has 0 aliphatic heterocycles. The van der Waals surface area contributed by atoms with Crippen LogP contribution in [0.2, 0.25) is 0 Å². The molecule has 0 spiro atoms. The zero-order chi connectivity index (χ0) is 10.8. The molecule has 0 heterocycles. The molecule has 0 amide bonds. The lowest BCUT2D eigenvalue weighted by molar-refractivity contribution is 0.183. The maximum Gasteiger partial charge on any atom is 0.0512 e. The van der Waals surface area contributed by atoms with Crippen LogP contribution in [0.5, 0.6) is 0 Å². The van der Waals surface area contributed by atoms with Gasteiger partial charge < -0.3 is 5.11 Å². The first kappa shape index (κ1) is 14.0. The summed E-state index contributed by atoms with van der Waals surface area (Å²) in [7, 11) is 0. The Morgan fingerprint density at radius 3 is 1.93 bits per heavy atom. The summed E-state index contributed by atoms with van der Waals surface area (Å²) in [5.74, 6) is 1.09. The van der Waals surface area contributed by atoms with Gasteiger partial charge in [0.1, 0.15) is 0 Å². The first-order chi connectivity index (χ1) is 6.70. The molecule has 0 radical (unpaired) electrons. The highest BCUT2D eigenvalue weighted by molar-refractivity contribution is 4.63. The number of hydrogen-bond donors (Lipinski definition) is 1. The quantitative estimate of drug-likeness (QED) is 0.726. The first-order valence-corrected chi connectivity index (χ1v) is 6.38. The van der Waals surface area contributed by atoms with Crippen molar-refractivity contribution in [3.05, 3.63) is 0 Å². The fraction of sp³-hybridized carbons (Fsp3) is 1.00. The number of aliphatic hydroxyl groups is 1. The van der Waals surface area contributed by atoms with E-state index in [0.29, 0.717) is 0 Å². The summed E-state index contributed by atoms with van der Waals surface area (Å²) < 4.78 is 0. The molecule has 1 fully saturated rings. The Balaban J connectivity index is 0.000000255. The molecule has 1 unspecified atom stereocenters. The second kappa shape index (κ2) is 9.51. The zero-order valence-electron chi connectivity index (χ0n) is 10.3. The Kier molecular flexibility index (Phi) is 9.49. The monoisotopic (exact) mass is 200 g/mol. The van der Waals surface area contributed by atoms with Gasteiger partial charge in [-0.15, -0.1) is 0 Å². The van der Waals surface area contributed by atoms with E-state index in [4.69, 9.17) is 5.11 Å². The van der Waals surface area contributed by atoms with Crippen LogP contribution < -0.4 is 0 Å². The Hall–Kier alpha value is -0.0400. The fourth-order valence-electron chi connectivity index (χ4n) is 2.01. The van der Waals surface area contributed by atoms with Crippen molar-refractivity contribution in [2.24, 2.45) is 5.92 Å². The number of aliphatic hydroxyl groups excluding tert-OH is 1. The van der Waals surface area contributed by atoms with Crippen molar-refractivity contribution in [1.29, 1.82) is 0 Å². The van der Waals surface area contributed by atoms with Crippen molar-refractivity contribution < 1.29 is 5.11 Å². The molecule has 0 aromatic rings. The van der Waals surface area contributed by atoms with Crippen LogP contribution in [0.15, 0.2) is 0 Å². The van der Waals surface area contributed by atoms with E-state index >= 15 is 0 Å². The van der Waals surface area contributed by atoms with Gasteiger partial charge in [0.05, 0.1) is 6.10 Å². The van der Waals surface area contributed by atoms with E-state index < -0.39 is 0 Å². The lowest BCUT2D eigenvalue weighted by atomic mass is 9.88. The second-order valence-electron chi connectivity index (χ2n) is 4.55. The van der Waals surface area contributed by atoms with E-state index in [1.165, 1.54) is 38.5 Å². The molecule has 14 heavy (non-hydrogen) atoms. The van der Waals surface area contributed by atoms with E-state index in [-0.39, 0.29) is 6.10 Å². The van der Waals surface area contributed by atoms with Crippen LogP contribution in [0.1, 0.15) is 72.1 Å². The van der Waals surface area contributed by atoms with Crippen LogP contribution in [0, 0.1) is 5.92 Å². The average Bonchev–Trinajstić information content (AvgIpc) is 2.20. The maximum atomic E-state index is 8.55. The molecule has 0 aromatic heterocycles. The van der Waals surface area contributed by atoms with Crippen molar-refractivity contribution in [1.82, 2.24) is 0 Å². The van der Waals surface area contributed by atoms with Crippen LogP contribution in [0.4, 0.5) is 0 Å². The molecule has 0 saturated heterocycles. The van der Waals surface area contributed by atoms with Crippen molar-refractivity contribution in [3.63, 3.8) is 0 Å². The fourth-order valence-corrected chi connectivity index (χ4v) is 2.01. The largest absolute Gasteiger partial charge is 0.393 e. The Labute approximate surface area is 89.9 Å². The normalized spacial score (nSPS) is 19.7. The number of rotatable bonds is 3. The predicted octanol–water partition coefficient (Wildman–Crippen LogP) is 4.14. The molecule has 1 rings (SSSR count). The van der Waals surface area contributed by atoms with Gasteiger partial charge in [0.25, 0.3) is 0 Å². The minimum atomic E-state index is -0.102. The van der Waals surface area contributed by atoms with Gasteiger partial charge in [0.2, 0.25) is 0 Å². The van der Waals surface area contributed by atoms with Gasteiger partial charge in [-0.2, -0.15) is 0 Å². The molecular formula is C13H28O. The Morgan fingerprint density at radius 2 is 1.71 bits per heavy atom. The smallest absolute Gasteiger partial charge is 0.0512 e. The van der Waals surface area contributed by atoms with Gasteiger partial charge in [0.15, 0.2) is 0 Å². The third kappa shape index (κ3) is 8.55. The molecular weight excluding hydrogens is 172 g/mol. The van der Waals surface area contributed by atoms with Gasteiger partial charge in [-0.1, -0.05) is 58.8 Å². The van der Waals surface area contributed by atoms with Crippen molar-refractivity contribution in [2.75, 3.05) is 0 Å². The van der Waals surface area contributed by atoms with Gasteiger partial charge in [-0.25, -0.2) is 0 Å². The van der Waals surface area contributed by atoms with Crippen LogP contribution in [-0.2, 0) is 0 Å². The van der Waals surface area contributed by atoms with Gasteiger partial charge in [0, 0.05) is 0 Å². The van der Waals surface area contributed by atoms with Crippen LogP contribution in [0.3, 0.4) is 0 Å². The third-order valence-electron chi connectivity index (χ3n) is 3.01. The minimum absolute atomic E-state index is 0.102. The van der Waals surface area contributed by atoms with Crippen molar-refractivity contribution in [2.45, 2.75) is 78.2 Å². The SMILES string of the molecule is CCC1CCCCC1.CCCC(C)O. The molecule has 0 bridgehead atoms. The van der Waals surface area contributed by atoms with Gasteiger partial charge in [-0.05, 0) is 19.3 Å². The highest BCUT2D eigenvalue weighted by Crippen LogP contribution is 2.25. The molecule has 1 aliphatic rings. The summed E-state index contributed by atoms with van der Waals surface area (Å²) >= 11 is 0. The highest BCUT2D eigenvalue weighted by Gasteiger charge is 2.09. The van der Waals surface area contributed by atoms with Crippen LogP contribution in [0.25, 0.3) is 0 Å². The molecule has 0 aromatic carbocycles. The minimum Gasteiger partial charge on any atom is -0.393 e. The predicted molar refractivity (Wildman–Crippen MR) is 63.5 cm³/mol. The molecule has 1 atom stereocenters. The molecule has 1 saturated carbocycles. The Morgan fingerprint density at radius 1 is 1.14 bits per heavy atom. The van der Waals surface area contributed by atoms with E-state index in [0.717, 1.165) is 18.8 Å². The molecule has 1 heteroatoms. The van der Waals surface area contributed by atoms with E-state index in [9.17, 15) is 0 Å². The standard InChI is InChI=1S/C8H16.C5H12O/c1-2-8-6-4-3-5-7-8;1-3-4-5(2)6/h8H,2-7H2,1H3;5-6H,3-4H2,1-2H3. The van der Waals surface area contributed by atoms with E-state index in [1.807, 2.05) is 6.92 Å². The van der Waals surface area contributed by atoms with Crippen LogP contribution >= 0.6 is 0 Å². The summed E-state index contributed by atoms with van der Waals surface area (Å²) in [5.41, 5.74) is 0. The first-order valence-electron chi connectivity index (χ1n) is 6.38. The summed E-state index contributed by atoms with van der Waals surface area (Å²) in [6.45, 7) is 6.19. The molecule has 1 N–H and O–H groups in total. The highest BCUT2D eigenvalue weighted by atomic mass is 16.3. The Bertz CT molecular complexity index is 104. The summed E-state index contributed by atoms with van der Waals surface area (Å²) in [6.07, 6.45) is 10.8. The lowest BCUT2D eigenvalue weighted by Gasteiger charge is -2.18. The van der Waals surface area contributed by atoms with Crippen molar-refractivity contribution >= 4 is 0 Å². The number of hydrogen-bond acceptors (Lipinski definition) is 1. The van der Waals surface area contributed by atoms with E-state index in [1.54, 1.807) is 0 Å². The third-order valence-corrected chi connectivity index (χ3v) is 3.01. The topological polar surface area (TPSA) is 20.2 Å². The molecule has 1 aliphatic carbocycles. The second-order valence-corrected chi connectivity index (χ2v) is 4.55. The summed E-state index contributed by atoms with van der Waals surface area (Å²) in [6, 6.07) is 0. The average molecular weight is 200 g/mol. The van der Waals surface area contributed by atoms with E-state index in [2.05, 4.69) is 13.8 Å². The summed E-state index contributed by atoms with van der Waals surface area (Å²) in [4.78, 5) is 0. The van der Waals surface area contributed by atoms with Crippen molar-refractivity contribution in [3.8, 4) is 0 Å². The molecule has 1 nitrogen and oxygen atoms in total. The zero-order valence-corrected chi connectivity index (χ0v) is 10.3.